The molecule has 0 aliphatic carbocycles. The lowest BCUT2D eigenvalue weighted by molar-refractivity contribution is -0.131. The number of fused-ring (bicyclic) bond motifs is 1. The number of methoxy groups -OCH3 is 1. The van der Waals surface area contributed by atoms with Gasteiger partial charge in [0.05, 0.1) is 13.5 Å². The largest absolute Gasteiger partial charge is 0.495 e. The second-order valence-corrected chi connectivity index (χ2v) is 5.71. The van der Waals surface area contributed by atoms with E-state index >= 15 is 0 Å². The number of carbonyl (C=O) groups excluding carboxylic acids is 2. The molecule has 0 fully saturated rings. The van der Waals surface area contributed by atoms with Crippen molar-refractivity contribution in [2.75, 3.05) is 7.11 Å². The molecule has 0 aromatic heterocycles. The second kappa shape index (κ2) is 6.53. The Kier molecular flexibility index (Phi) is 4.44. The highest BCUT2D eigenvalue weighted by Crippen LogP contribution is 2.48. The van der Waals surface area contributed by atoms with Crippen LogP contribution in [0.1, 0.15) is 35.4 Å². The molecular weight excluding hydrogens is 332 g/mol. The Morgan fingerprint density at radius 3 is 2.58 bits per heavy atom. The molecule has 0 saturated carbocycles. The Labute approximate surface area is 144 Å². The topological polar surface area (TPSA) is 61.8 Å². The fourth-order valence-corrected chi connectivity index (χ4v) is 2.93. The monoisotopic (exact) mass is 346 g/mol. The lowest BCUT2D eigenvalue weighted by Crippen LogP contribution is -2.22. The number of esters is 1. The maximum Gasteiger partial charge on any atom is 0.308 e. The van der Waals surface area contributed by atoms with Crippen LogP contribution in [0.4, 0.5) is 0 Å². The Bertz CT molecular complexity index is 801. The summed E-state index contributed by atoms with van der Waals surface area (Å²) in [7, 11) is 1.44. The molecule has 1 atom stereocenters. The molecule has 5 nitrogen and oxygen atoms in total. The van der Waals surface area contributed by atoms with Gasteiger partial charge in [-0.15, -0.1) is 0 Å². The molecule has 1 aliphatic heterocycles. The van der Waals surface area contributed by atoms with Crippen LogP contribution in [0.15, 0.2) is 36.4 Å². The van der Waals surface area contributed by atoms with E-state index in [9.17, 15) is 9.59 Å². The van der Waals surface area contributed by atoms with E-state index in [1.165, 1.54) is 20.1 Å². The van der Waals surface area contributed by atoms with Gasteiger partial charge in [0, 0.05) is 13.0 Å². The minimum Gasteiger partial charge on any atom is -0.495 e. The van der Waals surface area contributed by atoms with Gasteiger partial charge in [0.25, 0.3) is 0 Å². The first-order valence-corrected chi connectivity index (χ1v) is 7.72. The van der Waals surface area contributed by atoms with Crippen molar-refractivity contribution in [2.45, 2.75) is 19.4 Å². The highest BCUT2D eigenvalue weighted by molar-refractivity contribution is 6.34. The summed E-state index contributed by atoms with van der Waals surface area (Å²) in [6.07, 6.45) is -0.325. The summed E-state index contributed by atoms with van der Waals surface area (Å²) in [4.78, 5) is 24.0. The Morgan fingerprint density at radius 2 is 1.96 bits per heavy atom. The first-order chi connectivity index (χ1) is 11.5. The van der Waals surface area contributed by atoms with Crippen LogP contribution >= 0.6 is 11.6 Å². The first-order valence-electron chi connectivity index (χ1n) is 7.35. The van der Waals surface area contributed by atoms with Crippen LogP contribution in [-0.2, 0) is 4.79 Å². The third-order valence-corrected chi connectivity index (χ3v) is 4.06. The second-order valence-electron chi connectivity index (χ2n) is 5.33. The molecule has 1 aliphatic rings. The zero-order valence-electron chi connectivity index (χ0n) is 13.2. The van der Waals surface area contributed by atoms with Crippen LogP contribution in [0.5, 0.6) is 17.2 Å². The maximum absolute atomic E-state index is 12.7. The fraction of sp³-hybridized carbons (Fsp3) is 0.222. The summed E-state index contributed by atoms with van der Waals surface area (Å²) < 4.78 is 16.3. The standard InChI is InChI=1S/C18H15ClO5/c1-10(20)23-14-9-15(22-2)17(19)18-16(14)12(21)8-13(24-18)11-6-4-3-5-7-11/h3-7,9,13H,8H2,1-2H3. The van der Waals surface area contributed by atoms with Crippen molar-refractivity contribution < 1.29 is 23.8 Å². The molecule has 2 aromatic rings. The predicted octanol–water partition coefficient (Wildman–Crippen LogP) is 3.98. The summed E-state index contributed by atoms with van der Waals surface area (Å²) in [5.41, 5.74) is 1.03. The number of carbonyl (C=O) groups is 2. The van der Waals surface area contributed by atoms with E-state index in [-0.39, 0.29) is 40.0 Å². The molecule has 1 unspecified atom stereocenters. The van der Waals surface area contributed by atoms with Crippen LogP contribution in [0.3, 0.4) is 0 Å². The van der Waals surface area contributed by atoms with Crippen LogP contribution < -0.4 is 14.2 Å². The molecule has 2 aromatic carbocycles. The van der Waals surface area contributed by atoms with Crippen molar-refractivity contribution in [3.8, 4) is 17.2 Å². The van der Waals surface area contributed by atoms with Crippen LogP contribution in [0, 0.1) is 0 Å². The summed E-state index contributed by atoms with van der Waals surface area (Å²) in [5, 5.41) is 0.178. The zero-order valence-corrected chi connectivity index (χ0v) is 13.9. The Balaban J connectivity index is 2.11. The highest BCUT2D eigenvalue weighted by atomic mass is 35.5. The molecule has 0 saturated heterocycles. The van der Waals surface area contributed by atoms with Gasteiger partial charge in [0.1, 0.15) is 28.2 Å². The molecule has 0 spiro atoms. The van der Waals surface area contributed by atoms with Gasteiger partial charge in [-0.05, 0) is 5.56 Å². The lowest BCUT2D eigenvalue weighted by atomic mass is 9.95. The van der Waals surface area contributed by atoms with Crippen LogP contribution in [-0.4, -0.2) is 18.9 Å². The van der Waals surface area contributed by atoms with Gasteiger partial charge in [-0.25, -0.2) is 0 Å². The lowest BCUT2D eigenvalue weighted by Gasteiger charge is -2.28. The number of rotatable bonds is 3. The smallest absolute Gasteiger partial charge is 0.308 e. The molecular formula is C18H15ClO5. The normalized spacial score (nSPS) is 16.1. The van der Waals surface area contributed by atoms with Crippen molar-refractivity contribution >= 4 is 23.4 Å². The summed E-state index contributed by atoms with van der Waals surface area (Å²) in [6, 6.07) is 10.8. The van der Waals surface area contributed by atoms with Gasteiger partial charge in [-0.3, -0.25) is 9.59 Å². The fourth-order valence-electron chi connectivity index (χ4n) is 2.65. The summed E-state index contributed by atoms with van der Waals surface area (Å²) in [6.45, 7) is 1.26. The SMILES string of the molecule is COc1cc(OC(C)=O)c2c(c1Cl)OC(c1ccccc1)CC2=O. The minimum absolute atomic E-state index is 0.0928. The minimum atomic E-state index is -0.542. The number of hydrogen-bond donors (Lipinski definition) is 0. The van der Waals surface area contributed by atoms with Crippen molar-refractivity contribution in [1.29, 1.82) is 0 Å². The zero-order chi connectivity index (χ0) is 17.3. The van der Waals surface area contributed by atoms with E-state index in [1.807, 2.05) is 30.3 Å². The van der Waals surface area contributed by atoms with Crippen LogP contribution in [0.2, 0.25) is 5.02 Å². The first kappa shape index (κ1) is 16.3. The number of benzene rings is 2. The highest BCUT2D eigenvalue weighted by Gasteiger charge is 2.34. The van der Waals surface area contributed by atoms with Crippen molar-refractivity contribution in [2.24, 2.45) is 0 Å². The molecule has 0 radical (unpaired) electrons. The summed E-state index contributed by atoms with van der Waals surface area (Å²) in [5.74, 6) is -0.203. The van der Waals surface area contributed by atoms with E-state index < -0.39 is 12.1 Å². The number of halogens is 1. The van der Waals surface area contributed by atoms with E-state index in [0.717, 1.165) is 5.56 Å². The molecule has 24 heavy (non-hydrogen) atoms. The number of Topliss-reactive ketones (excluding diaryl/α,β-unsaturated/α-hetero) is 1. The molecule has 0 bridgehead atoms. The molecule has 3 rings (SSSR count). The van der Waals surface area contributed by atoms with Gasteiger partial charge in [-0.2, -0.15) is 0 Å². The maximum atomic E-state index is 12.7. The number of ketones is 1. The van der Waals surface area contributed by atoms with Gasteiger partial charge < -0.3 is 14.2 Å². The Morgan fingerprint density at radius 1 is 1.25 bits per heavy atom. The molecule has 6 heteroatoms. The van der Waals surface area contributed by atoms with Crippen molar-refractivity contribution in [3.05, 3.63) is 52.5 Å². The third kappa shape index (κ3) is 2.95. The van der Waals surface area contributed by atoms with Gasteiger partial charge in [-0.1, -0.05) is 41.9 Å². The van der Waals surface area contributed by atoms with E-state index in [1.54, 1.807) is 0 Å². The summed E-state index contributed by atoms with van der Waals surface area (Å²) >= 11 is 6.31. The van der Waals surface area contributed by atoms with E-state index in [2.05, 4.69) is 0 Å². The quantitative estimate of drug-likeness (QED) is 0.621. The molecule has 0 amide bonds. The molecule has 0 N–H and O–H groups in total. The molecule has 124 valence electrons. The van der Waals surface area contributed by atoms with Gasteiger partial charge in [0.15, 0.2) is 11.5 Å². The van der Waals surface area contributed by atoms with E-state index in [0.29, 0.717) is 0 Å². The Hall–Kier alpha value is -2.53. The van der Waals surface area contributed by atoms with Gasteiger partial charge in [0.2, 0.25) is 0 Å². The van der Waals surface area contributed by atoms with Crippen molar-refractivity contribution in [1.82, 2.24) is 0 Å². The number of ether oxygens (including phenoxy) is 3. The average Bonchev–Trinajstić information content (AvgIpc) is 2.57. The number of hydrogen-bond acceptors (Lipinski definition) is 5. The third-order valence-electron chi connectivity index (χ3n) is 3.71. The van der Waals surface area contributed by atoms with Crippen molar-refractivity contribution in [3.63, 3.8) is 0 Å². The van der Waals surface area contributed by atoms with E-state index in [4.69, 9.17) is 25.8 Å². The van der Waals surface area contributed by atoms with Gasteiger partial charge >= 0.3 is 5.97 Å². The average molecular weight is 347 g/mol. The van der Waals surface area contributed by atoms with Crippen LogP contribution in [0.25, 0.3) is 0 Å². The molecule has 1 heterocycles. The predicted molar refractivity (Wildman–Crippen MR) is 88.1 cm³/mol.